The first kappa shape index (κ1) is 16.5. The Hall–Kier alpha value is -2.35. The number of aromatic nitrogens is 3. The van der Waals surface area contributed by atoms with E-state index in [1.54, 1.807) is 30.9 Å². The Morgan fingerprint density at radius 2 is 1.88 bits per heavy atom. The van der Waals surface area contributed by atoms with E-state index in [2.05, 4.69) is 20.3 Å². The van der Waals surface area contributed by atoms with Gasteiger partial charge >= 0.3 is 6.03 Å². The van der Waals surface area contributed by atoms with E-state index in [0.29, 0.717) is 10.6 Å². The Labute approximate surface area is 144 Å². The summed E-state index contributed by atoms with van der Waals surface area (Å²) in [6, 6.07) is -0.433. The Kier molecular flexibility index (Phi) is 3.87. The quantitative estimate of drug-likeness (QED) is 0.862. The highest BCUT2D eigenvalue weighted by Crippen LogP contribution is 2.30. The van der Waals surface area contributed by atoms with Gasteiger partial charge in [0.05, 0.1) is 6.54 Å². The molecule has 1 fully saturated rings. The van der Waals surface area contributed by atoms with Crippen LogP contribution < -0.4 is 5.32 Å². The van der Waals surface area contributed by atoms with Crippen molar-refractivity contribution in [3.63, 3.8) is 0 Å². The number of urea groups is 1. The van der Waals surface area contributed by atoms with E-state index >= 15 is 0 Å². The van der Waals surface area contributed by atoms with E-state index in [-0.39, 0.29) is 17.9 Å². The fourth-order valence-corrected chi connectivity index (χ4v) is 3.21. The second-order valence-electron chi connectivity index (χ2n) is 6.95. The van der Waals surface area contributed by atoms with Crippen molar-refractivity contribution in [1.82, 2.24) is 25.2 Å². The first-order valence-corrected chi connectivity index (χ1v) is 8.45. The Morgan fingerprint density at radius 1 is 1.21 bits per heavy atom. The van der Waals surface area contributed by atoms with Crippen molar-refractivity contribution in [1.29, 1.82) is 0 Å². The van der Waals surface area contributed by atoms with Crippen LogP contribution in [0.4, 0.5) is 4.79 Å². The Balaban J connectivity index is 1.81. The van der Waals surface area contributed by atoms with Gasteiger partial charge < -0.3 is 5.32 Å². The molecule has 1 saturated heterocycles. The van der Waals surface area contributed by atoms with Gasteiger partial charge in [-0.15, -0.1) is 11.3 Å². The van der Waals surface area contributed by atoms with E-state index in [4.69, 9.17) is 0 Å². The number of thiazole rings is 1. The minimum absolute atomic E-state index is 0.135. The molecule has 1 unspecified atom stereocenters. The zero-order valence-electron chi connectivity index (χ0n) is 14.0. The van der Waals surface area contributed by atoms with Crippen molar-refractivity contribution in [2.24, 2.45) is 0 Å². The van der Waals surface area contributed by atoms with Crippen LogP contribution >= 0.6 is 11.3 Å². The van der Waals surface area contributed by atoms with Crippen LogP contribution in [0.1, 0.15) is 44.1 Å². The van der Waals surface area contributed by atoms with Crippen molar-refractivity contribution in [3.8, 4) is 0 Å². The standard InChI is InChI=1S/C16H19N5O2S/c1-15(2,3)11-18-7-10(8-19-11)9-21-13(22)16(4,20-14(21)23)12-17-5-6-24-12/h5-8H,9H2,1-4H3,(H,20,23). The van der Waals surface area contributed by atoms with Gasteiger partial charge in [-0.2, -0.15) is 0 Å². The van der Waals surface area contributed by atoms with Crippen LogP contribution in [0.25, 0.3) is 0 Å². The second-order valence-corrected chi connectivity index (χ2v) is 7.84. The van der Waals surface area contributed by atoms with E-state index in [0.717, 1.165) is 5.82 Å². The molecule has 24 heavy (non-hydrogen) atoms. The number of hydrogen-bond acceptors (Lipinski definition) is 6. The van der Waals surface area contributed by atoms with Gasteiger partial charge in [-0.1, -0.05) is 20.8 Å². The lowest BCUT2D eigenvalue weighted by Gasteiger charge is -2.19. The monoisotopic (exact) mass is 345 g/mol. The number of imide groups is 1. The summed E-state index contributed by atoms with van der Waals surface area (Å²) in [5.74, 6) is 0.401. The van der Waals surface area contributed by atoms with Crippen molar-refractivity contribution < 1.29 is 9.59 Å². The number of nitrogens with zero attached hydrogens (tertiary/aromatic N) is 4. The van der Waals surface area contributed by atoms with Crippen molar-refractivity contribution in [3.05, 3.63) is 40.4 Å². The molecule has 0 spiro atoms. The van der Waals surface area contributed by atoms with Gasteiger partial charge in [0.2, 0.25) is 0 Å². The molecule has 3 rings (SSSR count). The molecule has 126 valence electrons. The lowest BCUT2D eigenvalue weighted by molar-refractivity contribution is -0.131. The highest BCUT2D eigenvalue weighted by Gasteiger charge is 2.50. The first-order chi connectivity index (χ1) is 11.2. The molecule has 2 aromatic heterocycles. The predicted molar refractivity (Wildman–Crippen MR) is 89.3 cm³/mol. The van der Waals surface area contributed by atoms with Crippen LogP contribution in [0.2, 0.25) is 0 Å². The topological polar surface area (TPSA) is 88.1 Å². The first-order valence-electron chi connectivity index (χ1n) is 7.57. The molecule has 1 aliphatic heterocycles. The van der Waals surface area contributed by atoms with Crippen LogP contribution in [-0.2, 0) is 22.3 Å². The predicted octanol–water partition coefficient (Wildman–Crippen LogP) is 2.20. The SMILES string of the molecule is CC(C)(C)c1ncc(CN2C(=O)NC(C)(c3nccs3)C2=O)cn1. The van der Waals surface area contributed by atoms with Crippen LogP contribution in [0, 0.1) is 0 Å². The summed E-state index contributed by atoms with van der Waals surface area (Å²) in [5.41, 5.74) is -0.560. The number of rotatable bonds is 3. The maximum Gasteiger partial charge on any atom is 0.325 e. The van der Waals surface area contributed by atoms with E-state index in [9.17, 15) is 9.59 Å². The molecule has 8 heteroatoms. The van der Waals surface area contributed by atoms with E-state index < -0.39 is 11.6 Å². The molecule has 3 heterocycles. The highest BCUT2D eigenvalue weighted by molar-refractivity contribution is 7.09. The van der Waals surface area contributed by atoms with Gasteiger partial charge in [-0.25, -0.2) is 19.7 Å². The third kappa shape index (κ3) is 2.77. The fraction of sp³-hybridized carbons (Fsp3) is 0.438. The molecule has 0 aliphatic carbocycles. The van der Waals surface area contributed by atoms with Crippen molar-refractivity contribution in [2.45, 2.75) is 45.2 Å². The van der Waals surface area contributed by atoms with Gasteiger partial charge in [0.25, 0.3) is 5.91 Å². The summed E-state index contributed by atoms with van der Waals surface area (Å²) in [6.07, 6.45) is 4.94. The summed E-state index contributed by atoms with van der Waals surface area (Å²) < 4.78 is 0. The molecule has 0 bridgehead atoms. The third-order valence-electron chi connectivity index (χ3n) is 3.85. The van der Waals surface area contributed by atoms with Gasteiger partial charge in [0.15, 0.2) is 5.54 Å². The van der Waals surface area contributed by atoms with Crippen molar-refractivity contribution >= 4 is 23.3 Å². The van der Waals surface area contributed by atoms with Gasteiger partial charge in [0, 0.05) is 34.9 Å². The molecule has 0 aromatic carbocycles. The van der Waals surface area contributed by atoms with Crippen LogP contribution in [-0.4, -0.2) is 31.8 Å². The summed E-state index contributed by atoms with van der Waals surface area (Å²) in [6.45, 7) is 7.89. The van der Waals surface area contributed by atoms with Gasteiger partial charge in [0.1, 0.15) is 10.8 Å². The van der Waals surface area contributed by atoms with Crippen LogP contribution in [0.5, 0.6) is 0 Å². The molecule has 7 nitrogen and oxygen atoms in total. The molecular weight excluding hydrogens is 326 g/mol. The molecule has 2 aromatic rings. The summed E-state index contributed by atoms with van der Waals surface area (Å²) in [5, 5.41) is 5.08. The molecular formula is C16H19N5O2S. The van der Waals surface area contributed by atoms with Crippen LogP contribution in [0.15, 0.2) is 24.0 Å². The number of carbonyl (C=O) groups is 2. The number of nitrogens with one attached hydrogen (secondary N) is 1. The number of amides is 3. The third-order valence-corrected chi connectivity index (χ3v) is 4.85. The molecule has 1 aliphatic rings. The summed E-state index contributed by atoms with van der Waals surface area (Å²) in [7, 11) is 0. The highest BCUT2D eigenvalue weighted by atomic mass is 32.1. The molecule has 0 radical (unpaired) electrons. The maximum atomic E-state index is 12.7. The lowest BCUT2D eigenvalue weighted by Crippen LogP contribution is -2.40. The molecule has 1 atom stereocenters. The van der Waals surface area contributed by atoms with E-state index in [1.165, 1.54) is 16.2 Å². The largest absolute Gasteiger partial charge is 0.325 e. The van der Waals surface area contributed by atoms with Gasteiger partial charge in [-0.3, -0.25) is 9.69 Å². The smallest absolute Gasteiger partial charge is 0.317 e. The lowest BCUT2D eigenvalue weighted by atomic mass is 9.96. The fourth-order valence-electron chi connectivity index (χ4n) is 2.46. The second kappa shape index (κ2) is 5.62. The minimum atomic E-state index is -1.11. The summed E-state index contributed by atoms with van der Waals surface area (Å²) >= 11 is 1.34. The summed E-state index contributed by atoms with van der Waals surface area (Å²) in [4.78, 5) is 39.0. The van der Waals surface area contributed by atoms with Crippen molar-refractivity contribution in [2.75, 3.05) is 0 Å². The zero-order chi connectivity index (χ0) is 17.5. The van der Waals surface area contributed by atoms with Gasteiger partial charge in [-0.05, 0) is 6.92 Å². The minimum Gasteiger partial charge on any atom is -0.317 e. The normalized spacial score (nSPS) is 21.2. The Morgan fingerprint density at radius 3 is 2.42 bits per heavy atom. The number of hydrogen-bond donors (Lipinski definition) is 1. The number of carbonyl (C=O) groups excluding carboxylic acids is 2. The maximum absolute atomic E-state index is 12.7. The van der Waals surface area contributed by atoms with E-state index in [1.807, 2.05) is 20.8 Å². The molecule has 0 saturated carbocycles. The molecule has 3 amide bonds. The average molecular weight is 345 g/mol. The van der Waals surface area contributed by atoms with Crippen LogP contribution in [0.3, 0.4) is 0 Å². The zero-order valence-corrected chi connectivity index (χ0v) is 14.8. The Bertz CT molecular complexity index is 767. The average Bonchev–Trinajstić information content (AvgIpc) is 3.12. The molecule has 1 N–H and O–H groups in total.